The van der Waals surface area contributed by atoms with Gasteiger partial charge in [0.25, 0.3) is 0 Å². The van der Waals surface area contributed by atoms with E-state index in [1.54, 1.807) is 0 Å². The SMILES string of the molecule is C=C(c1ccc(Cl)c(C)c1C#N)N(C)NC(/C=C\C)[C@H](C)C(C)C. The number of benzene rings is 1. The maximum absolute atomic E-state index is 9.48. The van der Waals surface area contributed by atoms with Gasteiger partial charge < -0.3 is 5.01 Å². The summed E-state index contributed by atoms with van der Waals surface area (Å²) in [6, 6.07) is 6.10. The van der Waals surface area contributed by atoms with Gasteiger partial charge in [0, 0.05) is 23.7 Å². The summed E-state index contributed by atoms with van der Waals surface area (Å²) in [5.74, 6) is 1.01. The lowest BCUT2D eigenvalue weighted by atomic mass is 9.90. The van der Waals surface area contributed by atoms with Crippen molar-refractivity contribution in [3.63, 3.8) is 0 Å². The zero-order valence-electron chi connectivity index (χ0n) is 15.5. The van der Waals surface area contributed by atoms with E-state index in [9.17, 15) is 5.26 Å². The number of halogens is 1. The Bertz CT molecular complexity index is 656. The number of nitrogens with zero attached hydrogens (tertiary/aromatic N) is 2. The molecule has 0 spiro atoms. The van der Waals surface area contributed by atoms with Gasteiger partial charge in [-0.25, -0.2) is 5.43 Å². The summed E-state index contributed by atoms with van der Waals surface area (Å²) >= 11 is 6.13. The second kappa shape index (κ2) is 8.92. The molecule has 0 bridgehead atoms. The third-order valence-electron chi connectivity index (χ3n) is 4.59. The van der Waals surface area contributed by atoms with Gasteiger partial charge in [0.2, 0.25) is 0 Å². The van der Waals surface area contributed by atoms with Crippen molar-refractivity contribution in [3.05, 3.63) is 52.6 Å². The minimum absolute atomic E-state index is 0.190. The van der Waals surface area contributed by atoms with Gasteiger partial charge >= 0.3 is 0 Å². The average molecular weight is 346 g/mol. The van der Waals surface area contributed by atoms with E-state index >= 15 is 0 Å². The second-order valence-corrected chi connectivity index (χ2v) is 6.90. The van der Waals surface area contributed by atoms with Crippen molar-refractivity contribution < 1.29 is 0 Å². The summed E-state index contributed by atoms with van der Waals surface area (Å²) in [6.07, 6.45) is 4.22. The molecule has 1 rings (SSSR count). The minimum Gasteiger partial charge on any atom is -0.311 e. The average Bonchev–Trinajstić information content (AvgIpc) is 2.55. The van der Waals surface area contributed by atoms with Crippen molar-refractivity contribution in [3.8, 4) is 6.07 Å². The largest absolute Gasteiger partial charge is 0.311 e. The molecule has 0 aliphatic rings. The number of nitriles is 1. The van der Waals surface area contributed by atoms with E-state index < -0.39 is 0 Å². The molecule has 0 fully saturated rings. The molecule has 0 aromatic heterocycles. The molecule has 0 radical (unpaired) electrons. The van der Waals surface area contributed by atoms with Crippen LogP contribution in [0.5, 0.6) is 0 Å². The van der Waals surface area contributed by atoms with Gasteiger partial charge in [0.05, 0.1) is 11.3 Å². The van der Waals surface area contributed by atoms with Crippen LogP contribution in [0.2, 0.25) is 5.02 Å². The summed E-state index contributed by atoms with van der Waals surface area (Å²) in [5.41, 5.74) is 6.39. The molecule has 1 aromatic carbocycles. The quantitative estimate of drug-likeness (QED) is 0.547. The lowest BCUT2D eigenvalue weighted by molar-refractivity contribution is 0.237. The Kier molecular flexibility index (Phi) is 7.54. The molecule has 0 aliphatic carbocycles. The van der Waals surface area contributed by atoms with Crippen molar-refractivity contribution in [1.29, 1.82) is 5.26 Å². The van der Waals surface area contributed by atoms with Crippen LogP contribution in [0.15, 0.2) is 30.9 Å². The van der Waals surface area contributed by atoms with E-state index in [0.717, 1.165) is 16.8 Å². The highest BCUT2D eigenvalue weighted by Crippen LogP contribution is 2.27. The maximum Gasteiger partial charge on any atom is 0.100 e. The summed E-state index contributed by atoms with van der Waals surface area (Å²) < 4.78 is 0. The fraction of sp³-hybridized carbons (Fsp3) is 0.450. The van der Waals surface area contributed by atoms with Crippen molar-refractivity contribution in [2.45, 2.75) is 40.7 Å². The highest BCUT2D eigenvalue weighted by molar-refractivity contribution is 6.31. The molecule has 130 valence electrons. The zero-order valence-corrected chi connectivity index (χ0v) is 16.3. The molecule has 0 saturated carbocycles. The molecule has 2 atom stereocenters. The standard InChI is InChI=1S/C20H28ClN3/c1-8-9-20(14(4)13(2)3)23-24(7)16(6)17-10-11-19(21)15(5)18(17)12-22/h8-11,13-14,20,23H,6H2,1-5,7H3/b9-8-/t14-,20?/m1/s1. The number of rotatable bonds is 7. The van der Waals surface area contributed by atoms with Crippen LogP contribution >= 0.6 is 11.6 Å². The summed E-state index contributed by atoms with van der Waals surface area (Å²) in [5, 5.41) is 12.0. The molecule has 0 saturated heterocycles. The van der Waals surface area contributed by atoms with Crippen molar-refractivity contribution in [2.75, 3.05) is 7.05 Å². The topological polar surface area (TPSA) is 39.1 Å². The minimum atomic E-state index is 0.190. The number of hydrogen-bond donors (Lipinski definition) is 1. The monoisotopic (exact) mass is 345 g/mol. The van der Waals surface area contributed by atoms with Gasteiger partial charge in [0.15, 0.2) is 0 Å². The van der Waals surface area contributed by atoms with E-state index in [-0.39, 0.29) is 6.04 Å². The Morgan fingerprint density at radius 1 is 1.38 bits per heavy atom. The molecule has 0 heterocycles. The van der Waals surface area contributed by atoms with Gasteiger partial charge in [-0.15, -0.1) is 0 Å². The van der Waals surface area contributed by atoms with Gasteiger partial charge in [-0.1, -0.05) is 57.2 Å². The smallest absolute Gasteiger partial charge is 0.100 e. The fourth-order valence-electron chi connectivity index (χ4n) is 2.51. The third kappa shape index (κ3) is 4.63. The van der Waals surface area contributed by atoms with Gasteiger partial charge in [-0.05, 0) is 37.3 Å². The second-order valence-electron chi connectivity index (χ2n) is 6.50. The van der Waals surface area contributed by atoms with E-state index in [0.29, 0.717) is 22.4 Å². The Balaban J connectivity index is 3.07. The van der Waals surface area contributed by atoms with Crippen LogP contribution in [0.4, 0.5) is 0 Å². The van der Waals surface area contributed by atoms with E-state index in [1.807, 2.05) is 38.0 Å². The third-order valence-corrected chi connectivity index (χ3v) is 5.00. The van der Waals surface area contributed by atoms with Crippen LogP contribution in [0.25, 0.3) is 5.70 Å². The zero-order chi connectivity index (χ0) is 18.4. The van der Waals surface area contributed by atoms with E-state index in [4.69, 9.17) is 11.6 Å². The highest BCUT2D eigenvalue weighted by atomic mass is 35.5. The normalized spacial score (nSPS) is 13.8. The van der Waals surface area contributed by atoms with Gasteiger partial charge in [0.1, 0.15) is 6.07 Å². The predicted octanol–water partition coefficient (Wildman–Crippen LogP) is 5.16. The lowest BCUT2D eigenvalue weighted by Crippen LogP contribution is -2.44. The van der Waals surface area contributed by atoms with Crippen molar-refractivity contribution in [1.82, 2.24) is 10.4 Å². The molecule has 3 nitrogen and oxygen atoms in total. The molecular formula is C20H28ClN3. The summed E-state index contributed by atoms with van der Waals surface area (Å²) in [6.45, 7) is 14.7. The molecule has 0 aliphatic heterocycles. The fourth-order valence-corrected chi connectivity index (χ4v) is 2.67. The number of allylic oxidation sites excluding steroid dienone is 1. The first-order valence-corrected chi connectivity index (χ1v) is 8.63. The molecule has 0 amide bonds. The Labute approximate surface area is 151 Å². The Hall–Kier alpha value is -1.76. The van der Waals surface area contributed by atoms with Crippen LogP contribution in [0, 0.1) is 30.1 Å². The van der Waals surface area contributed by atoms with E-state index in [1.165, 1.54) is 0 Å². The van der Waals surface area contributed by atoms with Crippen LogP contribution in [-0.4, -0.2) is 18.1 Å². The van der Waals surface area contributed by atoms with Crippen LogP contribution in [-0.2, 0) is 0 Å². The van der Waals surface area contributed by atoms with Gasteiger partial charge in [-0.3, -0.25) is 0 Å². The first-order valence-electron chi connectivity index (χ1n) is 8.25. The molecule has 4 heteroatoms. The van der Waals surface area contributed by atoms with Crippen LogP contribution in [0.3, 0.4) is 0 Å². The van der Waals surface area contributed by atoms with Gasteiger partial charge in [-0.2, -0.15) is 5.26 Å². The van der Waals surface area contributed by atoms with Crippen LogP contribution < -0.4 is 5.43 Å². The lowest BCUT2D eigenvalue weighted by Gasteiger charge is -2.32. The first-order chi connectivity index (χ1) is 11.2. The van der Waals surface area contributed by atoms with E-state index in [2.05, 4.69) is 51.0 Å². The number of hydrogen-bond acceptors (Lipinski definition) is 3. The molecule has 1 aromatic rings. The molecular weight excluding hydrogens is 318 g/mol. The predicted molar refractivity (Wildman–Crippen MR) is 103 cm³/mol. The van der Waals surface area contributed by atoms with Crippen molar-refractivity contribution in [2.24, 2.45) is 11.8 Å². The maximum atomic E-state index is 9.48. The molecule has 24 heavy (non-hydrogen) atoms. The first kappa shape index (κ1) is 20.3. The summed E-state index contributed by atoms with van der Waals surface area (Å²) in [4.78, 5) is 0. The molecule has 1 N–H and O–H groups in total. The summed E-state index contributed by atoms with van der Waals surface area (Å²) in [7, 11) is 1.93. The van der Waals surface area contributed by atoms with Crippen molar-refractivity contribution >= 4 is 17.3 Å². The van der Waals surface area contributed by atoms with Crippen LogP contribution in [0.1, 0.15) is 44.4 Å². The highest BCUT2D eigenvalue weighted by Gasteiger charge is 2.21. The Morgan fingerprint density at radius 3 is 2.50 bits per heavy atom. The molecule has 1 unspecified atom stereocenters. The Morgan fingerprint density at radius 2 is 2.00 bits per heavy atom. The number of hydrazine groups is 1. The number of nitrogens with one attached hydrogen (secondary N) is 1.